The van der Waals surface area contributed by atoms with Crippen LogP contribution < -0.4 is 10.2 Å². The molecule has 1 heterocycles. The number of amides is 1. The van der Waals surface area contributed by atoms with Gasteiger partial charge in [0.25, 0.3) is 0 Å². The number of fused-ring (bicyclic) bond motifs is 1. The highest BCUT2D eigenvalue weighted by Crippen LogP contribution is 2.28. The van der Waals surface area contributed by atoms with Crippen molar-refractivity contribution in [3.63, 3.8) is 0 Å². The number of nitrogens with zero attached hydrogens (tertiary/aromatic N) is 3. The van der Waals surface area contributed by atoms with E-state index in [-0.39, 0.29) is 17.0 Å². The Balaban J connectivity index is 2.49. The first-order valence-electron chi connectivity index (χ1n) is 8.86. The lowest BCUT2D eigenvalue weighted by Crippen LogP contribution is -2.24. The number of nitrogens with one attached hydrogen (secondary N) is 1. The molecular formula is C20H24N4O5. The lowest BCUT2D eigenvalue weighted by atomic mass is 9.92. The van der Waals surface area contributed by atoms with Crippen LogP contribution in [0.5, 0.6) is 0 Å². The largest absolute Gasteiger partial charge is 0.477 e. The number of benzene rings is 1. The van der Waals surface area contributed by atoms with Crippen LogP contribution in [0.25, 0.3) is 10.9 Å². The molecule has 0 spiro atoms. The van der Waals surface area contributed by atoms with Gasteiger partial charge < -0.3 is 20.4 Å². The zero-order valence-corrected chi connectivity index (χ0v) is 17.0. The molecule has 9 heteroatoms. The molecule has 0 unspecified atom stereocenters. The summed E-state index contributed by atoms with van der Waals surface area (Å²) in [7, 11) is 1.52. The van der Waals surface area contributed by atoms with Gasteiger partial charge in [-0.25, -0.2) is 19.6 Å². The molecule has 9 nitrogen and oxygen atoms in total. The summed E-state index contributed by atoms with van der Waals surface area (Å²) in [6.45, 7) is 7.28. The first kappa shape index (κ1) is 21.8. The normalized spacial score (nSPS) is 11.1. The summed E-state index contributed by atoms with van der Waals surface area (Å²) in [6, 6.07) is 5.09. The number of rotatable bonds is 6. The minimum absolute atomic E-state index is 0.00664. The summed E-state index contributed by atoms with van der Waals surface area (Å²) in [5, 5.41) is 21.8. The van der Waals surface area contributed by atoms with Crippen LogP contribution in [-0.2, 0) is 14.4 Å². The maximum atomic E-state index is 12.2. The van der Waals surface area contributed by atoms with Crippen molar-refractivity contribution in [1.82, 2.24) is 9.97 Å². The Morgan fingerprint density at radius 2 is 1.72 bits per heavy atom. The zero-order valence-electron chi connectivity index (χ0n) is 17.0. The van der Waals surface area contributed by atoms with E-state index < -0.39 is 17.5 Å². The molecule has 2 rings (SSSR count). The van der Waals surface area contributed by atoms with Gasteiger partial charge in [-0.2, -0.15) is 0 Å². The van der Waals surface area contributed by atoms with Gasteiger partial charge in [-0.05, 0) is 30.5 Å². The van der Waals surface area contributed by atoms with Gasteiger partial charge in [0.1, 0.15) is 12.1 Å². The van der Waals surface area contributed by atoms with Crippen molar-refractivity contribution in [3.05, 3.63) is 35.8 Å². The predicted octanol–water partition coefficient (Wildman–Crippen LogP) is 2.88. The number of anilines is 2. The minimum atomic E-state index is -1.55. The highest BCUT2D eigenvalue weighted by molar-refractivity contribution is 6.13. The van der Waals surface area contributed by atoms with Gasteiger partial charge in [-0.1, -0.05) is 20.8 Å². The molecular weight excluding hydrogens is 376 g/mol. The van der Waals surface area contributed by atoms with E-state index in [0.29, 0.717) is 28.8 Å². The number of carboxylic acid groups (broad SMARTS) is 2. The lowest BCUT2D eigenvalue weighted by Gasteiger charge is -2.22. The van der Waals surface area contributed by atoms with E-state index in [1.54, 1.807) is 18.2 Å². The van der Waals surface area contributed by atoms with E-state index in [2.05, 4.69) is 15.3 Å². The van der Waals surface area contributed by atoms with Crippen LogP contribution in [0, 0.1) is 5.41 Å². The van der Waals surface area contributed by atoms with E-state index in [1.165, 1.54) is 25.2 Å². The number of aliphatic carboxylic acids is 2. The molecule has 29 heavy (non-hydrogen) atoms. The molecule has 3 N–H and O–H groups in total. The monoisotopic (exact) mass is 400 g/mol. The van der Waals surface area contributed by atoms with E-state index in [0.717, 1.165) is 0 Å². The second-order valence-electron chi connectivity index (χ2n) is 7.84. The third-order valence-corrected chi connectivity index (χ3v) is 4.20. The Bertz CT molecular complexity index is 992. The minimum Gasteiger partial charge on any atom is -0.477 e. The molecule has 0 radical (unpaired) electrons. The number of allylic oxidation sites excluding steroid dienone is 1. The summed E-state index contributed by atoms with van der Waals surface area (Å²) in [5.74, 6) is -2.91. The highest BCUT2D eigenvalue weighted by atomic mass is 16.4. The molecule has 154 valence electrons. The SMILES string of the molecule is CC(=C(C(=O)O)C(=O)O)N(C)c1ncnc2ccc(NC(=O)CC(C)(C)C)cc12. The van der Waals surface area contributed by atoms with Crippen LogP contribution in [0.1, 0.15) is 34.1 Å². The first-order valence-corrected chi connectivity index (χ1v) is 8.86. The zero-order chi connectivity index (χ0) is 21.9. The fraction of sp³-hybridized carbons (Fsp3) is 0.350. The summed E-state index contributed by atoms with van der Waals surface area (Å²) >= 11 is 0. The summed E-state index contributed by atoms with van der Waals surface area (Å²) in [5.41, 5.74) is 0.188. The predicted molar refractivity (Wildman–Crippen MR) is 109 cm³/mol. The topological polar surface area (TPSA) is 133 Å². The van der Waals surface area contributed by atoms with E-state index in [4.69, 9.17) is 0 Å². The third kappa shape index (κ3) is 5.28. The van der Waals surface area contributed by atoms with Gasteiger partial charge in [0.15, 0.2) is 5.57 Å². The van der Waals surface area contributed by atoms with E-state index in [1.807, 2.05) is 20.8 Å². The van der Waals surface area contributed by atoms with Gasteiger partial charge in [0.2, 0.25) is 5.91 Å². The van der Waals surface area contributed by atoms with Gasteiger partial charge >= 0.3 is 11.9 Å². The van der Waals surface area contributed by atoms with Crippen molar-refractivity contribution >= 4 is 40.3 Å². The van der Waals surface area contributed by atoms with Crippen molar-refractivity contribution in [1.29, 1.82) is 0 Å². The maximum absolute atomic E-state index is 12.2. The molecule has 1 aromatic heterocycles. The summed E-state index contributed by atoms with van der Waals surface area (Å²) in [6.07, 6.45) is 1.64. The second-order valence-corrected chi connectivity index (χ2v) is 7.84. The number of carbonyl (C=O) groups excluding carboxylic acids is 1. The third-order valence-electron chi connectivity index (χ3n) is 4.20. The number of hydrogen-bond donors (Lipinski definition) is 3. The fourth-order valence-corrected chi connectivity index (χ4v) is 2.80. The van der Waals surface area contributed by atoms with Crippen LogP contribution in [0.2, 0.25) is 0 Å². The Kier molecular flexibility index (Phi) is 6.21. The van der Waals surface area contributed by atoms with E-state index in [9.17, 15) is 24.6 Å². The maximum Gasteiger partial charge on any atom is 0.344 e. The average Bonchev–Trinajstić information content (AvgIpc) is 2.58. The number of carboxylic acids is 2. The fourth-order valence-electron chi connectivity index (χ4n) is 2.80. The molecule has 1 amide bonds. The van der Waals surface area contributed by atoms with Crippen LogP contribution in [0.4, 0.5) is 11.5 Å². The van der Waals surface area contributed by atoms with Gasteiger partial charge in [-0.3, -0.25) is 4.79 Å². The molecule has 0 aliphatic carbocycles. The quantitative estimate of drug-likeness (QED) is 0.383. The van der Waals surface area contributed by atoms with Crippen LogP contribution >= 0.6 is 0 Å². The molecule has 0 saturated heterocycles. The number of carbonyl (C=O) groups is 3. The Hall–Kier alpha value is -3.49. The second kappa shape index (κ2) is 8.26. The smallest absolute Gasteiger partial charge is 0.344 e. The summed E-state index contributed by atoms with van der Waals surface area (Å²) < 4.78 is 0. The number of aromatic nitrogens is 2. The van der Waals surface area contributed by atoms with E-state index >= 15 is 0 Å². The molecule has 2 aromatic rings. The molecule has 0 atom stereocenters. The van der Waals surface area contributed by atoms with Crippen LogP contribution in [0.3, 0.4) is 0 Å². The lowest BCUT2D eigenvalue weighted by molar-refractivity contribution is -0.140. The van der Waals surface area contributed by atoms with Gasteiger partial charge in [-0.15, -0.1) is 0 Å². The Morgan fingerprint density at radius 1 is 1.10 bits per heavy atom. The molecule has 0 saturated carbocycles. The highest BCUT2D eigenvalue weighted by Gasteiger charge is 2.24. The standard InChI is InChI=1S/C20H24N4O5/c1-11(16(18(26)27)19(28)29)24(5)17-13-8-12(6-7-14(13)21-10-22-17)23-15(25)9-20(2,3)4/h6-8,10H,9H2,1-5H3,(H,23,25)(H,26,27)(H,28,29). The van der Waals surface area contributed by atoms with Crippen LogP contribution in [0.15, 0.2) is 35.8 Å². The van der Waals surface area contributed by atoms with Crippen molar-refractivity contribution in [2.75, 3.05) is 17.3 Å². The van der Waals surface area contributed by atoms with Gasteiger partial charge in [0.05, 0.1) is 5.52 Å². The Morgan fingerprint density at radius 3 is 2.28 bits per heavy atom. The van der Waals surface area contributed by atoms with Crippen LogP contribution in [-0.4, -0.2) is 45.1 Å². The van der Waals surface area contributed by atoms with Crippen molar-refractivity contribution in [2.45, 2.75) is 34.1 Å². The Labute approximate surface area is 168 Å². The molecule has 0 bridgehead atoms. The molecule has 0 aliphatic heterocycles. The molecule has 1 aromatic carbocycles. The molecule has 0 fully saturated rings. The van der Waals surface area contributed by atoms with Gasteiger partial charge in [0, 0.05) is 30.2 Å². The first-order chi connectivity index (χ1) is 13.4. The van der Waals surface area contributed by atoms with Crippen molar-refractivity contribution < 1.29 is 24.6 Å². The number of hydrogen-bond acceptors (Lipinski definition) is 6. The molecule has 0 aliphatic rings. The summed E-state index contributed by atoms with van der Waals surface area (Å²) in [4.78, 5) is 44.6. The average molecular weight is 400 g/mol. The van der Waals surface area contributed by atoms with Crippen molar-refractivity contribution in [3.8, 4) is 0 Å². The van der Waals surface area contributed by atoms with Crippen molar-refractivity contribution in [2.24, 2.45) is 5.41 Å².